The second-order valence-electron chi connectivity index (χ2n) is 8.47. The molecule has 39 heavy (non-hydrogen) atoms. The molecule has 0 amide bonds. The summed E-state index contributed by atoms with van der Waals surface area (Å²) < 4.78 is 62.0. The molecule has 5 aromatic rings. The molecular formula is C27H19BrF2N4O4S. The molecule has 8 nitrogen and oxygen atoms in total. The highest BCUT2D eigenvalue weighted by Gasteiger charge is 2.27. The Bertz CT molecular complexity index is 1830. The standard InChI is InChI=1S/C27H19BrF2N4O4S/c1-38-27-16(11-18(29)14-32-27)7-8-19-9-10-21(25(30)33-19)24(35)23-15-34(26-22(23)12-17(28)13-31-26)39(36,37)20-5-3-2-4-6-20/h2-6,9-15H,7-8H2,1H3. The van der Waals surface area contributed by atoms with Crippen molar-refractivity contribution in [2.24, 2.45) is 0 Å². The second kappa shape index (κ2) is 10.6. The van der Waals surface area contributed by atoms with Crippen molar-refractivity contribution in [3.8, 4) is 5.88 Å². The quantitative estimate of drug-likeness (QED) is 0.177. The third-order valence-electron chi connectivity index (χ3n) is 6.01. The summed E-state index contributed by atoms with van der Waals surface area (Å²) in [6, 6.07) is 13.3. The van der Waals surface area contributed by atoms with E-state index in [9.17, 15) is 17.6 Å². The van der Waals surface area contributed by atoms with E-state index in [-0.39, 0.29) is 45.8 Å². The Kier molecular flexibility index (Phi) is 7.23. The van der Waals surface area contributed by atoms with Gasteiger partial charge in [0, 0.05) is 33.5 Å². The fourth-order valence-corrected chi connectivity index (χ4v) is 5.82. The van der Waals surface area contributed by atoms with Crippen LogP contribution in [0, 0.1) is 11.8 Å². The predicted molar refractivity (Wildman–Crippen MR) is 142 cm³/mol. The summed E-state index contributed by atoms with van der Waals surface area (Å²) in [6.45, 7) is 0. The first-order chi connectivity index (χ1) is 18.7. The molecule has 5 rings (SSSR count). The van der Waals surface area contributed by atoms with Crippen molar-refractivity contribution in [2.45, 2.75) is 17.7 Å². The van der Waals surface area contributed by atoms with Crippen molar-refractivity contribution in [3.63, 3.8) is 0 Å². The SMILES string of the molecule is COc1ncc(F)cc1CCc1ccc(C(=O)c2cn(S(=O)(=O)c3ccccc3)c3ncc(Br)cc23)c(F)n1. The largest absolute Gasteiger partial charge is 0.481 e. The maximum absolute atomic E-state index is 15.1. The summed E-state index contributed by atoms with van der Waals surface area (Å²) in [5, 5.41) is 0.225. The van der Waals surface area contributed by atoms with E-state index in [1.165, 1.54) is 43.6 Å². The molecule has 1 aromatic carbocycles. The maximum atomic E-state index is 15.1. The van der Waals surface area contributed by atoms with Crippen molar-refractivity contribution in [1.82, 2.24) is 18.9 Å². The third-order valence-corrected chi connectivity index (χ3v) is 8.11. The Morgan fingerprint density at radius 1 is 1.00 bits per heavy atom. The van der Waals surface area contributed by atoms with Crippen LogP contribution in [0.5, 0.6) is 5.88 Å². The second-order valence-corrected chi connectivity index (χ2v) is 11.2. The van der Waals surface area contributed by atoms with Crippen molar-refractivity contribution < 1.29 is 26.7 Å². The van der Waals surface area contributed by atoms with Crippen LogP contribution in [0.25, 0.3) is 11.0 Å². The van der Waals surface area contributed by atoms with Gasteiger partial charge >= 0.3 is 0 Å². The van der Waals surface area contributed by atoms with Crippen LogP contribution >= 0.6 is 15.9 Å². The van der Waals surface area contributed by atoms with Gasteiger partial charge < -0.3 is 4.74 Å². The van der Waals surface area contributed by atoms with Gasteiger partial charge in [0.2, 0.25) is 11.8 Å². The van der Waals surface area contributed by atoms with Gasteiger partial charge in [0.05, 0.1) is 29.3 Å². The van der Waals surface area contributed by atoms with E-state index in [4.69, 9.17) is 4.74 Å². The summed E-state index contributed by atoms with van der Waals surface area (Å²) >= 11 is 3.30. The van der Waals surface area contributed by atoms with Crippen LogP contribution in [0.1, 0.15) is 27.2 Å². The van der Waals surface area contributed by atoms with Gasteiger partial charge in [0.25, 0.3) is 10.0 Å². The monoisotopic (exact) mass is 612 g/mol. The lowest BCUT2D eigenvalue weighted by Crippen LogP contribution is -2.12. The smallest absolute Gasteiger partial charge is 0.269 e. The maximum Gasteiger partial charge on any atom is 0.269 e. The molecule has 12 heteroatoms. The highest BCUT2D eigenvalue weighted by molar-refractivity contribution is 9.10. The number of rotatable bonds is 8. The van der Waals surface area contributed by atoms with E-state index < -0.39 is 27.6 Å². The molecule has 0 unspecified atom stereocenters. The Hall–Kier alpha value is -4.03. The Morgan fingerprint density at radius 2 is 1.77 bits per heavy atom. The number of aromatic nitrogens is 4. The first kappa shape index (κ1) is 26.6. The van der Waals surface area contributed by atoms with Gasteiger partial charge in [-0.05, 0) is 65.2 Å². The number of ketones is 1. The highest BCUT2D eigenvalue weighted by Crippen LogP contribution is 2.29. The number of nitrogens with zero attached hydrogens (tertiary/aromatic N) is 4. The van der Waals surface area contributed by atoms with E-state index in [0.29, 0.717) is 15.7 Å². The number of hydrogen-bond acceptors (Lipinski definition) is 7. The number of carbonyl (C=O) groups is 1. The van der Waals surface area contributed by atoms with Crippen LogP contribution in [-0.2, 0) is 22.9 Å². The number of pyridine rings is 3. The minimum Gasteiger partial charge on any atom is -0.481 e. The zero-order valence-electron chi connectivity index (χ0n) is 20.3. The van der Waals surface area contributed by atoms with Gasteiger partial charge in [-0.2, -0.15) is 4.39 Å². The molecule has 4 aromatic heterocycles. The fourth-order valence-electron chi connectivity index (χ4n) is 4.14. The number of methoxy groups -OCH3 is 1. The summed E-state index contributed by atoms with van der Waals surface area (Å²) in [5.41, 5.74) is 0.453. The minimum atomic E-state index is -4.10. The number of aryl methyl sites for hydroxylation is 2. The molecule has 0 N–H and O–H groups in total. The summed E-state index contributed by atoms with van der Waals surface area (Å²) in [6.07, 6.45) is 4.10. The molecule has 0 saturated heterocycles. The lowest BCUT2D eigenvalue weighted by molar-refractivity contribution is 0.103. The molecule has 0 aliphatic rings. The van der Waals surface area contributed by atoms with E-state index in [1.807, 2.05) is 0 Å². The van der Waals surface area contributed by atoms with Crippen LogP contribution in [0.4, 0.5) is 8.78 Å². The third kappa shape index (κ3) is 5.17. The molecule has 0 atom stereocenters. The Morgan fingerprint density at radius 3 is 2.49 bits per heavy atom. The zero-order valence-corrected chi connectivity index (χ0v) is 22.7. The van der Waals surface area contributed by atoms with Gasteiger partial charge in [-0.15, -0.1) is 0 Å². The average molecular weight is 613 g/mol. The Balaban J connectivity index is 1.49. The number of carbonyl (C=O) groups excluding carboxylic acids is 1. The van der Waals surface area contributed by atoms with Gasteiger partial charge in [0.15, 0.2) is 11.4 Å². The molecule has 0 saturated carbocycles. The van der Waals surface area contributed by atoms with E-state index >= 15 is 4.39 Å². The number of fused-ring (bicyclic) bond motifs is 1. The molecular weight excluding hydrogens is 594 g/mol. The van der Waals surface area contributed by atoms with Crippen molar-refractivity contribution in [2.75, 3.05) is 7.11 Å². The van der Waals surface area contributed by atoms with Gasteiger partial charge in [-0.25, -0.2) is 31.7 Å². The van der Waals surface area contributed by atoms with E-state index in [0.717, 1.165) is 16.4 Å². The lowest BCUT2D eigenvalue weighted by atomic mass is 10.0. The van der Waals surface area contributed by atoms with Crippen LogP contribution < -0.4 is 4.74 Å². The molecule has 0 bridgehead atoms. The molecule has 4 heterocycles. The molecule has 0 radical (unpaired) electrons. The lowest BCUT2D eigenvalue weighted by Gasteiger charge is -2.08. The molecule has 0 aliphatic heterocycles. The number of benzene rings is 1. The van der Waals surface area contributed by atoms with Gasteiger partial charge in [-0.3, -0.25) is 4.79 Å². The Labute approximate surface area is 230 Å². The fraction of sp³-hybridized carbons (Fsp3) is 0.111. The molecule has 0 fully saturated rings. The first-order valence-corrected chi connectivity index (χ1v) is 13.8. The van der Waals surface area contributed by atoms with Crippen LogP contribution in [0.2, 0.25) is 0 Å². The average Bonchev–Trinajstić information content (AvgIpc) is 3.31. The highest BCUT2D eigenvalue weighted by atomic mass is 79.9. The number of halogens is 3. The normalized spacial score (nSPS) is 11.6. The molecule has 198 valence electrons. The van der Waals surface area contributed by atoms with Crippen LogP contribution in [-0.4, -0.2) is 40.2 Å². The van der Waals surface area contributed by atoms with Crippen LogP contribution in [0.3, 0.4) is 0 Å². The van der Waals surface area contributed by atoms with Gasteiger partial charge in [-0.1, -0.05) is 18.2 Å². The van der Waals surface area contributed by atoms with Crippen LogP contribution in [0.15, 0.2) is 82.6 Å². The zero-order chi connectivity index (χ0) is 27.7. The van der Waals surface area contributed by atoms with E-state index in [2.05, 4.69) is 30.9 Å². The minimum absolute atomic E-state index is 0.00736. The van der Waals surface area contributed by atoms with Crippen molar-refractivity contribution in [3.05, 3.63) is 112 Å². The summed E-state index contributed by atoms with van der Waals surface area (Å²) in [7, 11) is -2.68. The van der Waals surface area contributed by atoms with E-state index in [1.54, 1.807) is 24.3 Å². The van der Waals surface area contributed by atoms with Gasteiger partial charge in [0.1, 0.15) is 5.82 Å². The molecule has 0 spiro atoms. The van der Waals surface area contributed by atoms with Crippen molar-refractivity contribution in [1.29, 1.82) is 0 Å². The first-order valence-electron chi connectivity index (χ1n) is 11.5. The summed E-state index contributed by atoms with van der Waals surface area (Å²) in [5.74, 6) is -2.04. The van der Waals surface area contributed by atoms with Crippen molar-refractivity contribution >= 4 is 42.8 Å². The predicted octanol–water partition coefficient (Wildman–Crippen LogP) is 5.13. The summed E-state index contributed by atoms with van der Waals surface area (Å²) in [4.78, 5) is 25.5. The number of ether oxygens (including phenoxy) is 1. The topological polar surface area (TPSA) is 104 Å². The molecule has 0 aliphatic carbocycles. The number of hydrogen-bond donors (Lipinski definition) is 0.